The lowest BCUT2D eigenvalue weighted by molar-refractivity contribution is -0.793. The van der Waals surface area contributed by atoms with Crippen molar-refractivity contribution in [1.82, 2.24) is 72.2 Å². The molecule has 0 aliphatic rings. The molecule has 8 rings (SSSR count). The maximum atomic E-state index is 11.6. The lowest BCUT2D eigenvalue weighted by Gasteiger charge is -1.92. The second-order valence-electron chi connectivity index (χ2n) is 9.61. The van der Waals surface area contributed by atoms with Crippen molar-refractivity contribution in [3.63, 3.8) is 0 Å². The van der Waals surface area contributed by atoms with Gasteiger partial charge in [0.15, 0.2) is 27.0 Å². The number of aromatic nitrogens is 16. The highest BCUT2D eigenvalue weighted by Gasteiger charge is 2.41. The summed E-state index contributed by atoms with van der Waals surface area (Å²) in [6.45, 7) is 0. The number of nitrogens with zero attached hydrogens (tertiary/aromatic N) is 21. The molecule has 8 aromatic rings. The number of anilines is 3. The van der Waals surface area contributed by atoms with Crippen LogP contribution in [0, 0.1) is 40.8 Å². The predicted octanol–water partition coefficient (Wildman–Crippen LogP) is -1.82. The van der Waals surface area contributed by atoms with Crippen LogP contribution in [0.25, 0.3) is 45.6 Å². The molecular weight excluding hydrogens is 911 g/mol. The van der Waals surface area contributed by atoms with E-state index in [0.717, 1.165) is 0 Å². The largest absolute Gasteiger partial charge is 0.446 e. The average molecular weight is 919 g/mol. The highest BCUT2D eigenvalue weighted by molar-refractivity contribution is 6.70. The van der Waals surface area contributed by atoms with Gasteiger partial charge in [-0.2, -0.15) is 0 Å². The van der Waals surface area contributed by atoms with Gasteiger partial charge >= 0.3 is 17.5 Å². The Morgan fingerprint density at radius 1 is 0.484 bits per heavy atom. The van der Waals surface area contributed by atoms with E-state index in [9.17, 15) is 40.8 Å². The first kappa shape index (κ1) is 43.0. The molecule has 0 spiro atoms. The van der Waals surface area contributed by atoms with Crippen LogP contribution in [-0.4, -0.2) is 108 Å². The van der Waals surface area contributed by atoms with Gasteiger partial charge in [0, 0.05) is 10.3 Å². The summed E-state index contributed by atoms with van der Waals surface area (Å²) in [5, 5.41) is 121. The third-order valence-corrected chi connectivity index (χ3v) is 6.67. The van der Waals surface area contributed by atoms with Crippen LogP contribution in [0.3, 0.4) is 0 Å². The fourth-order valence-corrected chi connectivity index (χ4v) is 3.95. The number of hydrogen-bond donors (Lipinski definition) is 5. The van der Waals surface area contributed by atoms with Crippen molar-refractivity contribution in [1.29, 1.82) is 0 Å². The van der Waals surface area contributed by atoms with Crippen molar-refractivity contribution in [2.24, 2.45) is 10.3 Å². The number of nitro groups is 3. The van der Waals surface area contributed by atoms with E-state index in [4.69, 9.17) is 50.8 Å². The van der Waals surface area contributed by atoms with Crippen LogP contribution in [0.4, 0.5) is 34.9 Å². The standard InChI is InChI=1S/C6N8O8.C6H4N8O4.C3HClN4O4.C3H3ClN4O2/c15-12(16)5-2(7-20-10-5)1-4(14(19)22-9-1)3-6(13(17)18)11-21-8-3;7-5-2(9-16-12-5)1-4(14(15)18-11-1)3-6(8)13-17-10-3;4-2(5-9)1-3(8(10)11)7-12-6-1;4-2(6-9)1-3(5)8-10-7-1/h;(H2,7,12)(H2,8,13);9H;9H,(H2,5,8)/b;;5-2+;6-2+. The normalized spacial score (nSPS) is 11.1. The third-order valence-electron chi connectivity index (χ3n) is 6.16. The molecule has 44 heteroatoms. The molecule has 42 nitrogen and oxygen atoms in total. The van der Waals surface area contributed by atoms with E-state index < -0.39 is 65.9 Å². The Hall–Kier alpha value is -10.2. The summed E-state index contributed by atoms with van der Waals surface area (Å²) < 4.78 is 34.0. The maximum Gasteiger partial charge on any atom is 0.446 e. The van der Waals surface area contributed by atoms with Crippen molar-refractivity contribution in [3.8, 4) is 45.6 Å². The SMILES string of the molecule is Nc1nonc1-c1no[n+]([O-])c1-c1nonc1N.Nc1nonc1/C(Cl)=N\O.O=[N+]([O-])c1nonc1-c1no[n+]([O-])c1-c1nonc1[N+](=O)[O-].O=[N+]([O-])c1nonc1/C(Cl)=N\O. The summed E-state index contributed by atoms with van der Waals surface area (Å²) in [4.78, 5) is 28.7. The van der Waals surface area contributed by atoms with Gasteiger partial charge in [0.1, 0.15) is 0 Å². The maximum absolute atomic E-state index is 11.6. The zero-order valence-electron chi connectivity index (χ0n) is 28.3. The van der Waals surface area contributed by atoms with E-state index in [2.05, 4.69) is 120 Å². The molecule has 0 saturated carbocycles. The molecule has 0 aliphatic carbocycles. The number of hydrogen-bond acceptors (Lipinski definition) is 37. The van der Waals surface area contributed by atoms with E-state index in [0.29, 0.717) is 0 Å². The Bertz CT molecular complexity index is 2900. The van der Waals surface area contributed by atoms with Gasteiger partial charge in [0.05, 0.1) is 0 Å². The van der Waals surface area contributed by atoms with Gasteiger partial charge < -0.3 is 68.4 Å². The molecule has 0 bridgehead atoms. The highest BCUT2D eigenvalue weighted by Crippen LogP contribution is 2.34. The molecule has 8 heterocycles. The highest BCUT2D eigenvalue weighted by atomic mass is 35.5. The molecule has 8 aromatic heterocycles. The van der Waals surface area contributed by atoms with Crippen LogP contribution >= 0.6 is 23.2 Å². The lowest BCUT2D eigenvalue weighted by atomic mass is 10.2. The first-order chi connectivity index (χ1) is 29.6. The fraction of sp³-hybridized carbons (Fsp3) is 0. The van der Waals surface area contributed by atoms with Gasteiger partial charge in [-0.25, -0.2) is 13.9 Å². The molecule has 322 valence electrons. The van der Waals surface area contributed by atoms with Crippen LogP contribution in [-0.2, 0) is 0 Å². The van der Waals surface area contributed by atoms with Gasteiger partial charge in [0.25, 0.3) is 39.9 Å². The summed E-state index contributed by atoms with van der Waals surface area (Å²) in [5.74, 6) is -2.69. The number of oxime groups is 2. The molecule has 0 radical (unpaired) electrons. The predicted molar refractivity (Wildman–Crippen MR) is 174 cm³/mol. The summed E-state index contributed by atoms with van der Waals surface area (Å²) in [7, 11) is 0. The van der Waals surface area contributed by atoms with Crippen LogP contribution in [0.15, 0.2) is 47.3 Å². The molecule has 0 aliphatic heterocycles. The molecule has 0 amide bonds. The van der Waals surface area contributed by atoms with Crippen molar-refractivity contribution in [3.05, 3.63) is 52.1 Å². The summed E-state index contributed by atoms with van der Waals surface area (Å²) in [6.07, 6.45) is 0. The molecule has 0 fully saturated rings. The molecule has 0 saturated heterocycles. The second kappa shape index (κ2) is 18.4. The smallest absolute Gasteiger partial charge is 0.410 e. The average Bonchev–Trinajstić information content (AvgIpc) is 4.08. The van der Waals surface area contributed by atoms with Crippen molar-refractivity contribution >= 4 is 68.5 Å². The Morgan fingerprint density at radius 3 is 1.34 bits per heavy atom. The summed E-state index contributed by atoms with van der Waals surface area (Å²) >= 11 is 10.5. The molecular formula is C18H8Cl2N24O18. The Kier molecular flexibility index (Phi) is 12.8. The Balaban J connectivity index is 0.000000164. The molecule has 8 N–H and O–H groups in total. The molecule has 62 heavy (non-hydrogen) atoms. The molecule has 0 aromatic carbocycles. The van der Waals surface area contributed by atoms with Gasteiger partial charge in [-0.05, 0) is 71.0 Å². The minimum Gasteiger partial charge on any atom is -0.410 e. The monoisotopic (exact) mass is 918 g/mol. The Labute approximate surface area is 337 Å². The fourth-order valence-electron chi connectivity index (χ4n) is 3.70. The van der Waals surface area contributed by atoms with Crippen LogP contribution in [0.5, 0.6) is 0 Å². The summed E-state index contributed by atoms with van der Waals surface area (Å²) in [5.41, 5.74) is 13.1. The van der Waals surface area contributed by atoms with E-state index >= 15 is 0 Å². The van der Waals surface area contributed by atoms with E-state index in [-0.39, 0.29) is 60.9 Å². The number of rotatable bonds is 9. The van der Waals surface area contributed by atoms with Crippen molar-refractivity contribution < 1.29 is 72.0 Å². The van der Waals surface area contributed by atoms with E-state index in [1.165, 1.54) is 0 Å². The number of nitrogens with two attached hydrogens (primary N) is 3. The van der Waals surface area contributed by atoms with Crippen LogP contribution < -0.4 is 27.0 Å². The Morgan fingerprint density at radius 2 is 0.855 bits per heavy atom. The number of halogens is 2. The van der Waals surface area contributed by atoms with Crippen molar-refractivity contribution in [2.75, 3.05) is 17.2 Å². The first-order valence-electron chi connectivity index (χ1n) is 14.2. The second-order valence-corrected chi connectivity index (χ2v) is 10.3. The van der Waals surface area contributed by atoms with Gasteiger partial charge in [-0.1, -0.05) is 33.5 Å². The first-order valence-corrected chi connectivity index (χ1v) is 15.0. The minimum absolute atomic E-state index is 0.0113. The minimum atomic E-state index is -0.988. The van der Waals surface area contributed by atoms with Crippen LogP contribution in [0.2, 0.25) is 0 Å². The quantitative estimate of drug-likeness (QED) is 0.0350. The topological polar surface area (TPSA) is 612 Å². The summed E-state index contributed by atoms with van der Waals surface area (Å²) in [6, 6.07) is 0. The van der Waals surface area contributed by atoms with E-state index in [1.807, 2.05) is 0 Å². The third kappa shape index (κ3) is 8.86. The molecule has 0 atom stereocenters. The van der Waals surface area contributed by atoms with Crippen LogP contribution in [0.1, 0.15) is 11.4 Å². The van der Waals surface area contributed by atoms with Gasteiger partial charge in [0.2, 0.25) is 33.4 Å². The van der Waals surface area contributed by atoms with E-state index in [1.54, 1.807) is 0 Å². The number of nitrogen functional groups attached to an aromatic ring is 3. The zero-order chi connectivity index (χ0) is 45.2. The van der Waals surface area contributed by atoms with Gasteiger partial charge in [-0.3, -0.25) is 9.26 Å². The lowest BCUT2D eigenvalue weighted by Crippen LogP contribution is -2.25. The zero-order valence-corrected chi connectivity index (χ0v) is 29.8. The van der Waals surface area contributed by atoms with Crippen molar-refractivity contribution in [2.45, 2.75) is 0 Å². The van der Waals surface area contributed by atoms with Gasteiger partial charge in [-0.15, -0.1) is 13.9 Å². The molecule has 0 unspecified atom stereocenters.